The molecule has 71 heavy (non-hydrogen) atoms. The number of rotatable bonds is 10. The average molecular weight is 921 g/mol. The zero-order chi connectivity index (χ0) is 47.1. The molecule has 0 saturated heterocycles. The standard InChI is InChI=1S/C68H48N2Si/c1-5-19-55(20-6-1)70-65-29-16-15-28-63(65)68-66(30-17-31-67(68)70)69(57-44-38-51(39-45-57)54-35-34-53-33-32-52-18-13-14-27-62(52)64(53)48-54)56-42-36-49(37-43-56)50-40-46-61(47-41-50)71(58-21-7-2-8-22-58,59-23-9-3-10-24-59)60-25-11-4-12-26-60/h1-48H. The Morgan fingerprint density at radius 1 is 0.282 bits per heavy atom. The molecule has 0 saturated carbocycles. The molecule has 0 aliphatic rings. The third kappa shape index (κ3) is 7.26. The van der Waals surface area contributed by atoms with Gasteiger partial charge in [-0.15, -0.1) is 0 Å². The molecule has 0 spiro atoms. The van der Waals surface area contributed by atoms with Crippen LogP contribution < -0.4 is 25.6 Å². The first-order valence-electron chi connectivity index (χ1n) is 24.5. The Bertz CT molecular complexity index is 3900. The van der Waals surface area contributed by atoms with Crippen LogP contribution in [0.15, 0.2) is 291 Å². The van der Waals surface area contributed by atoms with Crippen molar-refractivity contribution in [1.29, 1.82) is 0 Å². The number of hydrogen-bond acceptors (Lipinski definition) is 1. The van der Waals surface area contributed by atoms with Crippen molar-refractivity contribution in [2.75, 3.05) is 4.90 Å². The number of para-hydroxylation sites is 2. The first-order valence-corrected chi connectivity index (χ1v) is 26.5. The molecule has 1 aromatic heterocycles. The van der Waals surface area contributed by atoms with Crippen molar-refractivity contribution in [2.45, 2.75) is 0 Å². The molecule has 0 fully saturated rings. The van der Waals surface area contributed by atoms with Crippen molar-refractivity contribution < 1.29 is 0 Å². The fourth-order valence-electron chi connectivity index (χ4n) is 11.2. The monoisotopic (exact) mass is 920 g/mol. The zero-order valence-electron chi connectivity index (χ0n) is 39.1. The van der Waals surface area contributed by atoms with Gasteiger partial charge in [-0.1, -0.05) is 231 Å². The van der Waals surface area contributed by atoms with E-state index in [0.29, 0.717) is 0 Å². The van der Waals surface area contributed by atoms with Gasteiger partial charge in [-0.05, 0) is 125 Å². The number of anilines is 3. The van der Waals surface area contributed by atoms with Crippen LogP contribution in [-0.4, -0.2) is 12.6 Å². The summed E-state index contributed by atoms with van der Waals surface area (Å²) in [5.74, 6) is 0. The molecule has 0 N–H and O–H groups in total. The molecule has 1 heterocycles. The van der Waals surface area contributed by atoms with Crippen LogP contribution in [0.1, 0.15) is 0 Å². The van der Waals surface area contributed by atoms with Crippen LogP contribution in [0, 0.1) is 0 Å². The SMILES string of the molecule is c1ccc(-n2c3ccccc3c3c(N(c4ccc(-c5ccc([Si](c6ccccc6)(c6ccccc6)c6ccccc6)cc5)cc4)c4ccc(-c5ccc6ccc7ccccc7c6c5)cc4)cccc32)cc1. The van der Waals surface area contributed by atoms with Crippen LogP contribution in [0.5, 0.6) is 0 Å². The van der Waals surface area contributed by atoms with E-state index in [1.54, 1.807) is 0 Å². The molecule has 13 rings (SSSR count). The Balaban J connectivity index is 0.932. The Kier molecular flexibility index (Phi) is 10.6. The topological polar surface area (TPSA) is 8.17 Å². The molecule has 2 nitrogen and oxygen atoms in total. The Labute approximate surface area is 415 Å². The summed E-state index contributed by atoms with van der Waals surface area (Å²) in [6.07, 6.45) is 0. The van der Waals surface area contributed by atoms with E-state index >= 15 is 0 Å². The van der Waals surface area contributed by atoms with Gasteiger partial charge < -0.3 is 9.47 Å². The summed E-state index contributed by atoms with van der Waals surface area (Å²) in [6.45, 7) is 0. The zero-order valence-corrected chi connectivity index (χ0v) is 40.1. The fourth-order valence-corrected chi connectivity index (χ4v) is 16.0. The van der Waals surface area contributed by atoms with Gasteiger partial charge in [0.05, 0.1) is 16.7 Å². The Hall–Kier alpha value is -9.02. The molecule has 12 aromatic carbocycles. The predicted molar refractivity (Wildman–Crippen MR) is 305 cm³/mol. The lowest BCUT2D eigenvalue weighted by molar-refractivity contribution is 1.18. The van der Waals surface area contributed by atoms with E-state index in [9.17, 15) is 0 Å². The molecule has 13 aromatic rings. The first-order chi connectivity index (χ1) is 35.2. The second-order valence-corrected chi connectivity index (χ2v) is 22.2. The van der Waals surface area contributed by atoms with E-state index < -0.39 is 8.07 Å². The van der Waals surface area contributed by atoms with E-state index in [2.05, 4.69) is 301 Å². The van der Waals surface area contributed by atoms with Crippen molar-refractivity contribution in [2.24, 2.45) is 0 Å². The minimum absolute atomic E-state index is 1.09. The summed E-state index contributed by atoms with van der Waals surface area (Å²) in [6, 6.07) is 107. The first kappa shape index (κ1) is 42.1. The lowest BCUT2D eigenvalue weighted by atomic mass is 9.97. The normalized spacial score (nSPS) is 11.7. The van der Waals surface area contributed by atoms with Gasteiger partial charge in [-0.25, -0.2) is 0 Å². The molecule has 0 amide bonds. The van der Waals surface area contributed by atoms with Gasteiger partial charge in [0.15, 0.2) is 8.07 Å². The molecule has 0 aliphatic heterocycles. The second-order valence-electron chi connectivity index (χ2n) is 18.4. The highest BCUT2D eigenvalue weighted by molar-refractivity contribution is 7.19. The van der Waals surface area contributed by atoms with Crippen molar-refractivity contribution >= 4 is 89.2 Å². The lowest BCUT2D eigenvalue weighted by Gasteiger charge is -2.34. The average Bonchev–Trinajstić information content (AvgIpc) is 3.80. The molecule has 0 radical (unpaired) electrons. The predicted octanol–water partition coefficient (Wildman–Crippen LogP) is 15.3. The molecule has 0 atom stereocenters. The van der Waals surface area contributed by atoms with Gasteiger partial charge in [0.1, 0.15) is 0 Å². The van der Waals surface area contributed by atoms with Crippen LogP contribution >= 0.6 is 0 Å². The number of nitrogens with zero attached hydrogens (tertiary/aromatic N) is 2. The molecule has 3 heteroatoms. The second kappa shape index (κ2) is 17.8. The summed E-state index contributed by atoms with van der Waals surface area (Å²) in [5, 5.41) is 12.9. The number of aromatic nitrogens is 1. The third-order valence-electron chi connectivity index (χ3n) is 14.5. The quantitative estimate of drug-likeness (QED) is 0.0754. The van der Waals surface area contributed by atoms with Crippen molar-refractivity contribution in [1.82, 2.24) is 4.57 Å². The van der Waals surface area contributed by atoms with Gasteiger partial charge >= 0.3 is 0 Å². The fraction of sp³-hybridized carbons (Fsp3) is 0. The summed E-state index contributed by atoms with van der Waals surface area (Å²) in [5.41, 5.74) is 11.5. The van der Waals surface area contributed by atoms with E-state index in [0.717, 1.165) is 28.3 Å². The van der Waals surface area contributed by atoms with Gasteiger partial charge in [-0.3, -0.25) is 0 Å². The summed E-state index contributed by atoms with van der Waals surface area (Å²) >= 11 is 0. The Morgan fingerprint density at radius 2 is 0.704 bits per heavy atom. The molecule has 0 aliphatic carbocycles. The maximum atomic E-state index is 2.44. The lowest BCUT2D eigenvalue weighted by Crippen LogP contribution is -2.74. The van der Waals surface area contributed by atoms with Crippen molar-refractivity contribution in [3.05, 3.63) is 291 Å². The summed E-state index contributed by atoms with van der Waals surface area (Å²) in [7, 11) is -2.64. The van der Waals surface area contributed by atoms with Gasteiger partial charge in [-0.2, -0.15) is 0 Å². The number of hydrogen-bond donors (Lipinski definition) is 0. The van der Waals surface area contributed by atoms with Crippen LogP contribution in [0.4, 0.5) is 17.1 Å². The van der Waals surface area contributed by atoms with Gasteiger partial charge in [0, 0.05) is 27.8 Å². The van der Waals surface area contributed by atoms with Crippen LogP contribution in [0.25, 0.3) is 71.3 Å². The number of fused-ring (bicyclic) bond motifs is 6. The van der Waals surface area contributed by atoms with E-state index in [1.807, 2.05) is 0 Å². The van der Waals surface area contributed by atoms with Crippen LogP contribution in [0.3, 0.4) is 0 Å². The number of benzene rings is 12. The summed E-state index contributed by atoms with van der Waals surface area (Å²) < 4.78 is 2.40. The highest BCUT2D eigenvalue weighted by Gasteiger charge is 2.41. The Morgan fingerprint density at radius 3 is 1.30 bits per heavy atom. The highest BCUT2D eigenvalue weighted by Crippen LogP contribution is 2.44. The minimum Gasteiger partial charge on any atom is -0.310 e. The molecular formula is C68H48N2Si. The molecule has 334 valence electrons. The van der Waals surface area contributed by atoms with E-state index in [4.69, 9.17) is 0 Å². The highest BCUT2D eigenvalue weighted by atomic mass is 28.3. The van der Waals surface area contributed by atoms with Crippen LogP contribution in [-0.2, 0) is 0 Å². The van der Waals surface area contributed by atoms with Gasteiger partial charge in [0.25, 0.3) is 0 Å². The summed E-state index contributed by atoms with van der Waals surface area (Å²) in [4.78, 5) is 2.44. The largest absolute Gasteiger partial charge is 0.310 e. The maximum Gasteiger partial charge on any atom is 0.179 e. The van der Waals surface area contributed by atoms with Crippen molar-refractivity contribution in [3.8, 4) is 27.9 Å². The van der Waals surface area contributed by atoms with E-state index in [-0.39, 0.29) is 0 Å². The minimum atomic E-state index is -2.64. The molecule has 0 unspecified atom stereocenters. The maximum absolute atomic E-state index is 2.64. The molecule has 0 bridgehead atoms. The van der Waals surface area contributed by atoms with Gasteiger partial charge in [0.2, 0.25) is 0 Å². The third-order valence-corrected chi connectivity index (χ3v) is 19.3. The molecular weight excluding hydrogens is 873 g/mol. The van der Waals surface area contributed by atoms with Crippen LogP contribution in [0.2, 0.25) is 0 Å². The smallest absolute Gasteiger partial charge is 0.179 e. The van der Waals surface area contributed by atoms with E-state index in [1.165, 1.54) is 80.8 Å². The van der Waals surface area contributed by atoms with Crippen molar-refractivity contribution in [3.63, 3.8) is 0 Å².